The molecule has 0 spiro atoms. The van der Waals surface area contributed by atoms with Crippen LogP contribution in [0.1, 0.15) is 24.1 Å². The molecule has 2 rings (SSSR count). The van der Waals surface area contributed by atoms with Crippen LogP contribution in [-0.4, -0.2) is 16.5 Å². The van der Waals surface area contributed by atoms with Crippen molar-refractivity contribution in [2.45, 2.75) is 19.4 Å². The van der Waals surface area contributed by atoms with E-state index in [1.807, 2.05) is 24.5 Å². The van der Waals surface area contributed by atoms with Gasteiger partial charge in [-0.25, -0.2) is 0 Å². The first-order chi connectivity index (χ1) is 8.36. The highest BCUT2D eigenvalue weighted by molar-refractivity contribution is 5.13. The minimum atomic E-state index is 0.334. The van der Waals surface area contributed by atoms with E-state index in [0.29, 0.717) is 6.04 Å². The number of nitrogens with zero attached hydrogens (tertiary/aromatic N) is 2. The Balaban J connectivity index is 1.79. The van der Waals surface area contributed by atoms with Crippen molar-refractivity contribution in [3.8, 4) is 0 Å². The summed E-state index contributed by atoms with van der Waals surface area (Å²) in [6.07, 6.45) is 8.41. The summed E-state index contributed by atoms with van der Waals surface area (Å²) in [7, 11) is 0. The van der Waals surface area contributed by atoms with Crippen LogP contribution in [0, 0.1) is 0 Å². The van der Waals surface area contributed by atoms with Gasteiger partial charge >= 0.3 is 0 Å². The molecule has 0 amide bonds. The molecule has 1 atom stereocenters. The van der Waals surface area contributed by atoms with Crippen LogP contribution in [0.3, 0.4) is 0 Å². The number of rotatable bonds is 5. The maximum Gasteiger partial charge on any atom is 0.0315 e. The first-order valence-corrected chi connectivity index (χ1v) is 5.88. The molecule has 88 valence electrons. The molecule has 0 unspecified atom stereocenters. The molecule has 2 heterocycles. The number of hydrogen-bond acceptors (Lipinski definition) is 3. The molecule has 0 bridgehead atoms. The predicted molar refractivity (Wildman–Crippen MR) is 68.6 cm³/mol. The molecule has 2 aromatic heterocycles. The normalized spacial score (nSPS) is 12.3. The van der Waals surface area contributed by atoms with Crippen molar-refractivity contribution in [2.24, 2.45) is 0 Å². The zero-order valence-electron chi connectivity index (χ0n) is 10.0. The quantitative estimate of drug-likeness (QED) is 0.852. The van der Waals surface area contributed by atoms with E-state index in [-0.39, 0.29) is 0 Å². The molecule has 0 saturated heterocycles. The van der Waals surface area contributed by atoms with E-state index in [0.717, 1.165) is 13.0 Å². The topological polar surface area (TPSA) is 37.8 Å². The second kappa shape index (κ2) is 6.11. The summed E-state index contributed by atoms with van der Waals surface area (Å²) in [6, 6.07) is 8.47. The van der Waals surface area contributed by atoms with Crippen LogP contribution in [0.2, 0.25) is 0 Å². The molecule has 3 heteroatoms. The van der Waals surface area contributed by atoms with Crippen LogP contribution in [0.25, 0.3) is 0 Å². The van der Waals surface area contributed by atoms with Gasteiger partial charge in [0.25, 0.3) is 0 Å². The zero-order chi connectivity index (χ0) is 11.9. The fourth-order valence-electron chi connectivity index (χ4n) is 1.73. The van der Waals surface area contributed by atoms with E-state index in [1.165, 1.54) is 11.1 Å². The number of hydrogen-bond donors (Lipinski definition) is 1. The molecule has 17 heavy (non-hydrogen) atoms. The summed E-state index contributed by atoms with van der Waals surface area (Å²) in [5, 5.41) is 3.48. The van der Waals surface area contributed by atoms with Crippen LogP contribution in [-0.2, 0) is 6.42 Å². The Labute approximate surface area is 102 Å². The second-order valence-electron chi connectivity index (χ2n) is 4.07. The Morgan fingerprint density at radius 3 is 2.53 bits per heavy atom. The lowest BCUT2D eigenvalue weighted by Gasteiger charge is -2.13. The van der Waals surface area contributed by atoms with E-state index in [1.54, 1.807) is 12.4 Å². The van der Waals surface area contributed by atoms with Gasteiger partial charge in [0.05, 0.1) is 0 Å². The molecule has 0 aliphatic carbocycles. The molecular weight excluding hydrogens is 210 g/mol. The molecular formula is C14H17N3. The molecule has 0 radical (unpaired) electrons. The van der Waals surface area contributed by atoms with Gasteiger partial charge in [-0.3, -0.25) is 9.97 Å². The van der Waals surface area contributed by atoms with Gasteiger partial charge in [0.2, 0.25) is 0 Å². The molecule has 0 aliphatic heterocycles. The fourth-order valence-corrected chi connectivity index (χ4v) is 1.73. The van der Waals surface area contributed by atoms with Gasteiger partial charge in [0.15, 0.2) is 0 Å². The van der Waals surface area contributed by atoms with E-state index < -0.39 is 0 Å². The lowest BCUT2D eigenvalue weighted by molar-refractivity contribution is 0.575. The van der Waals surface area contributed by atoms with Crippen molar-refractivity contribution >= 4 is 0 Å². The van der Waals surface area contributed by atoms with Gasteiger partial charge in [-0.1, -0.05) is 12.1 Å². The third-order valence-corrected chi connectivity index (χ3v) is 2.77. The molecule has 0 saturated carbocycles. The molecule has 0 aliphatic rings. The van der Waals surface area contributed by atoms with E-state index >= 15 is 0 Å². The maximum absolute atomic E-state index is 4.12. The van der Waals surface area contributed by atoms with Crippen molar-refractivity contribution in [1.29, 1.82) is 0 Å². The van der Waals surface area contributed by atoms with Crippen molar-refractivity contribution < 1.29 is 0 Å². The van der Waals surface area contributed by atoms with Crippen molar-refractivity contribution in [2.75, 3.05) is 6.54 Å². The van der Waals surface area contributed by atoms with Gasteiger partial charge in [-0.05, 0) is 43.1 Å². The highest BCUT2D eigenvalue weighted by Gasteiger charge is 2.03. The van der Waals surface area contributed by atoms with Crippen molar-refractivity contribution in [3.05, 3.63) is 60.2 Å². The maximum atomic E-state index is 4.12. The van der Waals surface area contributed by atoms with E-state index in [4.69, 9.17) is 0 Å². The number of aromatic nitrogens is 2. The van der Waals surface area contributed by atoms with Crippen molar-refractivity contribution in [1.82, 2.24) is 15.3 Å². The van der Waals surface area contributed by atoms with E-state index in [9.17, 15) is 0 Å². The summed E-state index contributed by atoms with van der Waals surface area (Å²) in [4.78, 5) is 8.22. The van der Waals surface area contributed by atoms with Gasteiger partial charge < -0.3 is 5.32 Å². The highest BCUT2D eigenvalue weighted by Crippen LogP contribution is 2.09. The minimum Gasteiger partial charge on any atom is -0.310 e. The first kappa shape index (κ1) is 11.7. The standard InChI is InChI=1S/C14H17N3/c1-12(14-5-3-8-16-11-14)17-9-6-13-4-2-7-15-10-13/h2-5,7-8,10-12,17H,6,9H2,1H3/t12-/m1/s1. The highest BCUT2D eigenvalue weighted by atomic mass is 14.9. The Kier molecular flexibility index (Phi) is 4.22. The average molecular weight is 227 g/mol. The Morgan fingerprint density at radius 2 is 1.88 bits per heavy atom. The summed E-state index contributed by atoms with van der Waals surface area (Å²) in [5.74, 6) is 0. The van der Waals surface area contributed by atoms with Crippen molar-refractivity contribution in [3.63, 3.8) is 0 Å². The SMILES string of the molecule is C[C@@H](NCCc1cccnc1)c1cccnc1. The minimum absolute atomic E-state index is 0.334. The second-order valence-corrected chi connectivity index (χ2v) is 4.07. The largest absolute Gasteiger partial charge is 0.310 e. The van der Waals surface area contributed by atoms with Gasteiger partial charge in [0, 0.05) is 30.8 Å². The lowest BCUT2D eigenvalue weighted by Crippen LogP contribution is -2.21. The Bertz CT molecular complexity index is 428. The summed E-state index contributed by atoms with van der Waals surface area (Å²) < 4.78 is 0. The van der Waals surface area contributed by atoms with E-state index in [2.05, 4.69) is 34.3 Å². The molecule has 0 fully saturated rings. The summed E-state index contributed by atoms with van der Waals surface area (Å²) in [6.45, 7) is 3.10. The fraction of sp³-hybridized carbons (Fsp3) is 0.286. The molecule has 0 aromatic carbocycles. The Morgan fingerprint density at radius 1 is 1.12 bits per heavy atom. The van der Waals surface area contributed by atoms with Gasteiger partial charge in [0.1, 0.15) is 0 Å². The number of nitrogens with one attached hydrogen (secondary N) is 1. The summed E-state index contributed by atoms with van der Waals surface area (Å²) in [5.41, 5.74) is 2.48. The zero-order valence-corrected chi connectivity index (χ0v) is 10.0. The lowest BCUT2D eigenvalue weighted by atomic mass is 10.1. The molecule has 1 N–H and O–H groups in total. The smallest absolute Gasteiger partial charge is 0.0315 e. The van der Waals surface area contributed by atoms with Crippen LogP contribution >= 0.6 is 0 Å². The van der Waals surface area contributed by atoms with Crippen LogP contribution in [0.15, 0.2) is 49.1 Å². The first-order valence-electron chi connectivity index (χ1n) is 5.88. The third-order valence-electron chi connectivity index (χ3n) is 2.77. The van der Waals surface area contributed by atoms with Gasteiger partial charge in [-0.15, -0.1) is 0 Å². The van der Waals surface area contributed by atoms with Crippen LogP contribution in [0.4, 0.5) is 0 Å². The molecule has 2 aromatic rings. The number of pyridine rings is 2. The predicted octanol–water partition coefficient (Wildman–Crippen LogP) is 2.37. The van der Waals surface area contributed by atoms with Gasteiger partial charge in [-0.2, -0.15) is 0 Å². The van der Waals surface area contributed by atoms with Crippen LogP contribution in [0.5, 0.6) is 0 Å². The summed E-state index contributed by atoms with van der Waals surface area (Å²) >= 11 is 0. The average Bonchev–Trinajstić information content (AvgIpc) is 2.41. The Hall–Kier alpha value is -1.74. The third kappa shape index (κ3) is 3.64. The van der Waals surface area contributed by atoms with Crippen LogP contribution < -0.4 is 5.32 Å². The molecule has 3 nitrogen and oxygen atoms in total. The monoisotopic (exact) mass is 227 g/mol.